The van der Waals surface area contributed by atoms with E-state index in [0.717, 1.165) is 46.9 Å². The van der Waals surface area contributed by atoms with Gasteiger partial charge in [-0.25, -0.2) is 9.97 Å². The van der Waals surface area contributed by atoms with Gasteiger partial charge in [0.05, 0.1) is 12.1 Å². The molecule has 5 heteroatoms. The minimum absolute atomic E-state index is 0.718. The van der Waals surface area contributed by atoms with E-state index in [9.17, 15) is 0 Å². The van der Waals surface area contributed by atoms with Gasteiger partial charge < -0.3 is 10.1 Å². The average molecular weight is 322 g/mol. The Morgan fingerprint density at radius 1 is 1.32 bits per heavy atom. The van der Waals surface area contributed by atoms with Gasteiger partial charge in [-0.15, -0.1) is 0 Å². The number of nitrogens with zero attached hydrogens (tertiary/aromatic N) is 2. The molecule has 4 nitrogen and oxygen atoms in total. The number of nitrogens with one attached hydrogen (secondary N) is 1. The highest BCUT2D eigenvalue weighted by atomic mass is 79.9. The summed E-state index contributed by atoms with van der Waals surface area (Å²) in [5.41, 5.74) is 0.944. The van der Waals surface area contributed by atoms with Crippen LogP contribution in [0.2, 0.25) is 0 Å². The maximum absolute atomic E-state index is 5.60. The van der Waals surface area contributed by atoms with Crippen molar-refractivity contribution in [2.45, 2.75) is 12.8 Å². The van der Waals surface area contributed by atoms with Crippen LogP contribution in [-0.2, 0) is 4.74 Å². The van der Waals surface area contributed by atoms with Crippen LogP contribution in [0.25, 0.3) is 10.9 Å². The molecule has 1 saturated carbocycles. The Bertz CT molecular complexity index is 572. The average Bonchev–Trinajstić information content (AvgIpc) is 3.23. The van der Waals surface area contributed by atoms with Crippen LogP contribution in [0.3, 0.4) is 0 Å². The van der Waals surface area contributed by atoms with E-state index in [1.54, 1.807) is 6.33 Å². The first-order valence-electron chi connectivity index (χ1n) is 6.55. The van der Waals surface area contributed by atoms with Crippen LogP contribution in [0.4, 0.5) is 5.82 Å². The normalized spacial score (nSPS) is 14.8. The van der Waals surface area contributed by atoms with Crippen molar-refractivity contribution in [1.82, 2.24) is 9.97 Å². The smallest absolute Gasteiger partial charge is 0.137 e. The van der Waals surface area contributed by atoms with Gasteiger partial charge in [0, 0.05) is 23.0 Å². The van der Waals surface area contributed by atoms with Gasteiger partial charge in [-0.3, -0.25) is 0 Å². The number of halogens is 1. The molecule has 0 spiro atoms. The molecule has 0 unspecified atom stereocenters. The number of ether oxygens (including phenoxy) is 1. The Kier molecular flexibility index (Phi) is 3.94. The van der Waals surface area contributed by atoms with E-state index >= 15 is 0 Å². The maximum atomic E-state index is 5.60. The summed E-state index contributed by atoms with van der Waals surface area (Å²) in [6.07, 6.45) is 4.25. The molecule has 0 radical (unpaired) electrons. The molecular weight excluding hydrogens is 306 g/mol. The second kappa shape index (κ2) is 5.84. The molecule has 19 heavy (non-hydrogen) atoms. The van der Waals surface area contributed by atoms with Crippen LogP contribution in [0.15, 0.2) is 29.0 Å². The highest BCUT2D eigenvalue weighted by molar-refractivity contribution is 9.10. The van der Waals surface area contributed by atoms with Crippen LogP contribution in [-0.4, -0.2) is 29.7 Å². The van der Waals surface area contributed by atoms with Crippen LogP contribution in [0.5, 0.6) is 0 Å². The zero-order valence-corrected chi connectivity index (χ0v) is 12.2. The first kappa shape index (κ1) is 12.8. The van der Waals surface area contributed by atoms with Crippen molar-refractivity contribution < 1.29 is 4.74 Å². The van der Waals surface area contributed by atoms with Gasteiger partial charge in [-0.2, -0.15) is 0 Å². The molecule has 1 aliphatic rings. The van der Waals surface area contributed by atoms with E-state index in [0.29, 0.717) is 0 Å². The minimum Gasteiger partial charge on any atom is -0.379 e. The zero-order valence-electron chi connectivity index (χ0n) is 10.6. The number of aromatic nitrogens is 2. The standard InChI is InChI=1S/C14H16BrN3O/c15-11-3-4-13-12(7-11)14(18-9-17-13)16-5-6-19-8-10-1-2-10/h3-4,7,9-10H,1-2,5-6,8H2,(H,16,17,18). The third-order valence-electron chi connectivity index (χ3n) is 3.19. The second-order valence-electron chi connectivity index (χ2n) is 4.83. The van der Waals surface area contributed by atoms with Gasteiger partial charge in [0.1, 0.15) is 12.1 Å². The number of rotatable bonds is 6. The molecule has 1 heterocycles. The molecule has 0 bridgehead atoms. The first-order chi connectivity index (χ1) is 9.33. The highest BCUT2D eigenvalue weighted by Crippen LogP contribution is 2.28. The summed E-state index contributed by atoms with van der Waals surface area (Å²) in [6.45, 7) is 2.39. The second-order valence-corrected chi connectivity index (χ2v) is 5.74. The van der Waals surface area contributed by atoms with Crippen molar-refractivity contribution >= 4 is 32.7 Å². The molecule has 1 fully saturated rings. The molecule has 3 rings (SSSR count). The van der Waals surface area contributed by atoms with E-state index in [-0.39, 0.29) is 0 Å². The van der Waals surface area contributed by atoms with Crippen LogP contribution in [0.1, 0.15) is 12.8 Å². The van der Waals surface area contributed by atoms with Gasteiger partial charge in [0.15, 0.2) is 0 Å². The SMILES string of the molecule is Brc1ccc2ncnc(NCCOCC3CC3)c2c1. The summed E-state index contributed by atoms with van der Waals surface area (Å²) in [7, 11) is 0. The summed E-state index contributed by atoms with van der Waals surface area (Å²) in [5, 5.41) is 4.34. The van der Waals surface area contributed by atoms with E-state index in [2.05, 4.69) is 31.2 Å². The fourth-order valence-electron chi connectivity index (χ4n) is 1.95. The third-order valence-corrected chi connectivity index (χ3v) is 3.68. The van der Waals surface area contributed by atoms with Crippen molar-refractivity contribution in [2.75, 3.05) is 25.1 Å². The predicted molar refractivity (Wildman–Crippen MR) is 79.3 cm³/mol. The number of benzene rings is 1. The lowest BCUT2D eigenvalue weighted by Crippen LogP contribution is -2.11. The Balaban J connectivity index is 1.61. The van der Waals surface area contributed by atoms with Gasteiger partial charge >= 0.3 is 0 Å². The molecule has 100 valence electrons. The van der Waals surface area contributed by atoms with E-state index in [4.69, 9.17) is 4.74 Å². The molecular formula is C14H16BrN3O. The quantitative estimate of drug-likeness (QED) is 0.830. The molecule has 2 aromatic rings. The lowest BCUT2D eigenvalue weighted by Gasteiger charge is -2.08. The topological polar surface area (TPSA) is 47.0 Å². The van der Waals surface area contributed by atoms with Crippen molar-refractivity contribution in [3.63, 3.8) is 0 Å². The molecule has 0 atom stereocenters. The van der Waals surface area contributed by atoms with Crippen LogP contribution < -0.4 is 5.32 Å². The summed E-state index contributed by atoms with van der Waals surface area (Å²) in [4.78, 5) is 8.55. The Morgan fingerprint density at radius 2 is 2.21 bits per heavy atom. The number of hydrogen-bond acceptors (Lipinski definition) is 4. The zero-order chi connectivity index (χ0) is 13.1. The van der Waals surface area contributed by atoms with E-state index in [1.807, 2.05) is 18.2 Å². The Morgan fingerprint density at radius 3 is 3.05 bits per heavy atom. The molecule has 1 aliphatic carbocycles. The fraction of sp³-hybridized carbons (Fsp3) is 0.429. The minimum atomic E-state index is 0.718. The van der Waals surface area contributed by atoms with Crippen molar-refractivity contribution in [3.05, 3.63) is 29.0 Å². The molecule has 0 aliphatic heterocycles. The fourth-order valence-corrected chi connectivity index (χ4v) is 2.31. The van der Waals surface area contributed by atoms with Crippen molar-refractivity contribution in [1.29, 1.82) is 0 Å². The summed E-state index contributed by atoms with van der Waals surface area (Å²) < 4.78 is 6.63. The lowest BCUT2D eigenvalue weighted by atomic mass is 10.2. The number of anilines is 1. The van der Waals surface area contributed by atoms with Gasteiger partial charge in [-0.05, 0) is 37.0 Å². The van der Waals surface area contributed by atoms with Gasteiger partial charge in [0.2, 0.25) is 0 Å². The van der Waals surface area contributed by atoms with Crippen LogP contribution in [0, 0.1) is 5.92 Å². The van der Waals surface area contributed by atoms with Gasteiger partial charge in [0.25, 0.3) is 0 Å². The number of hydrogen-bond donors (Lipinski definition) is 1. The predicted octanol–water partition coefficient (Wildman–Crippen LogP) is 3.23. The largest absolute Gasteiger partial charge is 0.379 e. The molecule has 0 amide bonds. The first-order valence-corrected chi connectivity index (χ1v) is 7.34. The summed E-state index contributed by atoms with van der Waals surface area (Å²) in [6, 6.07) is 6.00. The Hall–Kier alpha value is -1.20. The van der Waals surface area contributed by atoms with Crippen LogP contribution >= 0.6 is 15.9 Å². The van der Waals surface area contributed by atoms with Gasteiger partial charge in [-0.1, -0.05) is 15.9 Å². The molecule has 0 saturated heterocycles. The van der Waals surface area contributed by atoms with Crippen molar-refractivity contribution in [3.8, 4) is 0 Å². The third kappa shape index (κ3) is 3.42. The van der Waals surface area contributed by atoms with E-state index in [1.165, 1.54) is 12.8 Å². The van der Waals surface area contributed by atoms with Crippen molar-refractivity contribution in [2.24, 2.45) is 5.92 Å². The molecule has 1 N–H and O–H groups in total. The number of fused-ring (bicyclic) bond motifs is 1. The Labute approximate surface area is 120 Å². The maximum Gasteiger partial charge on any atom is 0.137 e. The molecule has 1 aromatic heterocycles. The van der Waals surface area contributed by atoms with E-state index < -0.39 is 0 Å². The molecule has 1 aromatic carbocycles. The summed E-state index contributed by atoms with van der Waals surface area (Å²) >= 11 is 3.47. The summed E-state index contributed by atoms with van der Waals surface area (Å²) in [5.74, 6) is 1.68. The monoisotopic (exact) mass is 321 g/mol. The lowest BCUT2D eigenvalue weighted by molar-refractivity contribution is 0.134. The highest BCUT2D eigenvalue weighted by Gasteiger charge is 2.20.